The average molecular weight is 303 g/mol. The van der Waals surface area contributed by atoms with E-state index in [0.29, 0.717) is 5.92 Å². The summed E-state index contributed by atoms with van der Waals surface area (Å²) in [4.78, 5) is 7.21. The van der Waals surface area contributed by atoms with E-state index in [1.165, 1.54) is 30.0 Å². The lowest BCUT2D eigenvalue weighted by Crippen LogP contribution is -2.43. The molecule has 2 aromatic rings. The van der Waals surface area contributed by atoms with Gasteiger partial charge in [-0.2, -0.15) is 16.9 Å². The highest BCUT2D eigenvalue weighted by molar-refractivity contribution is 7.99. The number of hydrogen-bond donors (Lipinski definition) is 1. The predicted molar refractivity (Wildman–Crippen MR) is 87.4 cm³/mol. The third-order valence-electron chi connectivity index (χ3n) is 4.35. The summed E-state index contributed by atoms with van der Waals surface area (Å²) in [5, 5.41) is 8.08. The molecule has 0 bridgehead atoms. The molecule has 2 aliphatic rings. The molecule has 4 heterocycles. The summed E-state index contributed by atoms with van der Waals surface area (Å²) in [6.07, 6.45) is 4.57. The lowest BCUT2D eigenvalue weighted by atomic mass is 10.1. The molecule has 0 saturated carbocycles. The van der Waals surface area contributed by atoms with Gasteiger partial charge in [0.05, 0.1) is 0 Å². The fraction of sp³-hybridized carbons (Fsp3) is 0.600. The minimum absolute atomic E-state index is 0.534. The molecule has 0 amide bonds. The third kappa shape index (κ3) is 2.74. The van der Waals surface area contributed by atoms with E-state index in [4.69, 9.17) is 4.98 Å². The number of fused-ring (bicyclic) bond motifs is 1. The van der Waals surface area contributed by atoms with Crippen molar-refractivity contribution in [2.75, 3.05) is 42.6 Å². The van der Waals surface area contributed by atoms with E-state index in [0.717, 1.165) is 37.7 Å². The van der Waals surface area contributed by atoms with Crippen molar-refractivity contribution in [1.29, 1.82) is 0 Å². The largest absolute Gasteiger partial charge is 0.369 e. The summed E-state index contributed by atoms with van der Waals surface area (Å²) in [6.45, 7) is 4.25. The first-order valence-electron chi connectivity index (χ1n) is 7.80. The van der Waals surface area contributed by atoms with E-state index in [2.05, 4.69) is 33.6 Å². The van der Waals surface area contributed by atoms with Crippen LogP contribution in [0.1, 0.15) is 24.6 Å². The van der Waals surface area contributed by atoms with Crippen molar-refractivity contribution in [3.63, 3.8) is 0 Å². The van der Waals surface area contributed by atoms with Gasteiger partial charge < -0.3 is 10.2 Å². The smallest absolute Gasteiger partial charge is 0.157 e. The van der Waals surface area contributed by atoms with Crippen LogP contribution >= 0.6 is 11.8 Å². The number of rotatable bonds is 2. The van der Waals surface area contributed by atoms with Gasteiger partial charge in [0, 0.05) is 55.8 Å². The summed E-state index contributed by atoms with van der Waals surface area (Å²) >= 11 is 2.03. The Bertz CT molecular complexity index is 598. The Morgan fingerprint density at radius 2 is 2.19 bits per heavy atom. The second-order valence-electron chi connectivity index (χ2n) is 5.81. The first-order valence-corrected chi connectivity index (χ1v) is 8.95. The number of pyridine rings is 1. The summed E-state index contributed by atoms with van der Waals surface area (Å²) in [5.74, 6) is 4.02. The van der Waals surface area contributed by atoms with Crippen LogP contribution in [0.15, 0.2) is 18.3 Å². The van der Waals surface area contributed by atoms with Crippen LogP contribution in [0.5, 0.6) is 0 Å². The monoisotopic (exact) mass is 303 g/mol. The zero-order valence-corrected chi connectivity index (χ0v) is 13.0. The number of nitrogens with one attached hydrogen (secondary N) is 1. The van der Waals surface area contributed by atoms with E-state index in [-0.39, 0.29) is 0 Å². The maximum Gasteiger partial charge on any atom is 0.157 e. The molecule has 2 saturated heterocycles. The van der Waals surface area contributed by atoms with Gasteiger partial charge in [0.25, 0.3) is 0 Å². The molecule has 1 N–H and O–H groups in total. The van der Waals surface area contributed by atoms with Crippen LogP contribution < -0.4 is 10.2 Å². The molecule has 0 aromatic carbocycles. The number of piperazine rings is 1. The van der Waals surface area contributed by atoms with Gasteiger partial charge in [-0.1, -0.05) is 0 Å². The number of aromatic nitrogens is 3. The van der Waals surface area contributed by atoms with E-state index in [1.807, 2.05) is 16.3 Å². The Morgan fingerprint density at radius 1 is 1.29 bits per heavy atom. The third-order valence-corrected chi connectivity index (χ3v) is 5.56. The van der Waals surface area contributed by atoms with Crippen molar-refractivity contribution in [1.82, 2.24) is 19.9 Å². The number of nitrogens with zero attached hydrogens (tertiary/aromatic N) is 4. The first kappa shape index (κ1) is 13.4. The lowest BCUT2D eigenvalue weighted by Gasteiger charge is -2.29. The Balaban J connectivity index is 1.61. The highest BCUT2D eigenvalue weighted by Crippen LogP contribution is 2.29. The topological polar surface area (TPSA) is 45.5 Å². The van der Waals surface area contributed by atoms with Gasteiger partial charge in [0.1, 0.15) is 0 Å². The number of thioether (sulfide) groups is 1. The van der Waals surface area contributed by atoms with E-state index in [1.54, 1.807) is 0 Å². The molecule has 1 atom stereocenters. The second-order valence-corrected chi connectivity index (χ2v) is 6.96. The summed E-state index contributed by atoms with van der Waals surface area (Å²) in [7, 11) is 0. The average Bonchev–Trinajstić information content (AvgIpc) is 2.99. The second kappa shape index (κ2) is 5.85. The Kier molecular flexibility index (Phi) is 3.73. The normalized spacial score (nSPS) is 23.6. The molecule has 2 aliphatic heterocycles. The van der Waals surface area contributed by atoms with E-state index < -0.39 is 0 Å². The minimum Gasteiger partial charge on any atom is -0.369 e. The van der Waals surface area contributed by atoms with Crippen LogP contribution in [-0.4, -0.2) is 52.3 Å². The highest BCUT2D eigenvalue weighted by atomic mass is 32.2. The maximum atomic E-state index is 4.79. The lowest BCUT2D eigenvalue weighted by molar-refractivity contribution is 0.589. The van der Waals surface area contributed by atoms with Crippen molar-refractivity contribution >= 4 is 23.1 Å². The van der Waals surface area contributed by atoms with E-state index >= 15 is 0 Å². The highest BCUT2D eigenvalue weighted by Gasteiger charge is 2.20. The summed E-state index contributed by atoms with van der Waals surface area (Å²) in [6, 6.07) is 4.34. The zero-order valence-electron chi connectivity index (χ0n) is 12.2. The fourth-order valence-corrected chi connectivity index (χ4v) is 4.26. The standard InChI is InChI=1S/C15H21N5S/c1-2-12(11-21-9-1)15-17-14-10-13(3-6-20(14)18-15)19-7-4-16-5-8-19/h3,6,10,12,16H,1-2,4-5,7-9,11H2. The summed E-state index contributed by atoms with van der Waals surface area (Å²) < 4.78 is 1.93. The van der Waals surface area contributed by atoms with Gasteiger partial charge >= 0.3 is 0 Å². The SMILES string of the molecule is c1cn2nc(C3CCCSC3)nc2cc1N1CCNCC1. The molecule has 0 radical (unpaired) electrons. The minimum atomic E-state index is 0.534. The quantitative estimate of drug-likeness (QED) is 0.916. The molecule has 0 spiro atoms. The Hall–Kier alpha value is -1.27. The van der Waals surface area contributed by atoms with Gasteiger partial charge in [0.15, 0.2) is 11.5 Å². The molecule has 21 heavy (non-hydrogen) atoms. The van der Waals surface area contributed by atoms with Gasteiger partial charge in [0.2, 0.25) is 0 Å². The number of hydrogen-bond acceptors (Lipinski definition) is 5. The van der Waals surface area contributed by atoms with Crippen LogP contribution in [0.25, 0.3) is 5.65 Å². The zero-order chi connectivity index (χ0) is 14.1. The van der Waals surface area contributed by atoms with Crippen molar-refractivity contribution in [2.45, 2.75) is 18.8 Å². The Morgan fingerprint density at radius 3 is 3.00 bits per heavy atom. The first-order chi connectivity index (χ1) is 10.4. The van der Waals surface area contributed by atoms with E-state index in [9.17, 15) is 0 Å². The molecule has 4 rings (SSSR count). The van der Waals surface area contributed by atoms with Gasteiger partial charge in [-0.05, 0) is 24.7 Å². The van der Waals surface area contributed by atoms with Crippen LogP contribution in [0.4, 0.5) is 5.69 Å². The van der Waals surface area contributed by atoms with Gasteiger partial charge in [-0.15, -0.1) is 0 Å². The molecular weight excluding hydrogens is 282 g/mol. The van der Waals surface area contributed by atoms with Gasteiger partial charge in [-0.3, -0.25) is 0 Å². The Labute approximate surface area is 129 Å². The number of anilines is 1. The fourth-order valence-electron chi connectivity index (χ4n) is 3.13. The van der Waals surface area contributed by atoms with Crippen molar-refractivity contribution in [2.24, 2.45) is 0 Å². The van der Waals surface area contributed by atoms with Gasteiger partial charge in [-0.25, -0.2) is 9.50 Å². The van der Waals surface area contributed by atoms with Crippen LogP contribution in [0.3, 0.4) is 0 Å². The molecule has 2 fully saturated rings. The predicted octanol–water partition coefficient (Wildman–Crippen LogP) is 1.75. The van der Waals surface area contributed by atoms with Crippen molar-refractivity contribution in [3.8, 4) is 0 Å². The maximum absolute atomic E-state index is 4.79. The molecule has 1 unspecified atom stereocenters. The molecule has 112 valence electrons. The van der Waals surface area contributed by atoms with Crippen LogP contribution in [-0.2, 0) is 0 Å². The molecule has 0 aliphatic carbocycles. The summed E-state index contributed by atoms with van der Waals surface area (Å²) in [5.41, 5.74) is 2.25. The molecule has 2 aromatic heterocycles. The van der Waals surface area contributed by atoms with Crippen LogP contribution in [0.2, 0.25) is 0 Å². The van der Waals surface area contributed by atoms with Crippen molar-refractivity contribution in [3.05, 3.63) is 24.2 Å². The molecule has 5 nitrogen and oxygen atoms in total. The molecular formula is C15H21N5S. The molecule has 6 heteroatoms. The van der Waals surface area contributed by atoms with Crippen LogP contribution in [0, 0.1) is 0 Å². The van der Waals surface area contributed by atoms with Crippen molar-refractivity contribution < 1.29 is 0 Å².